The van der Waals surface area contributed by atoms with E-state index in [9.17, 15) is 0 Å². The van der Waals surface area contributed by atoms with Crippen molar-refractivity contribution >= 4 is 0 Å². The smallest absolute Gasteiger partial charge is 0.00887 e. The van der Waals surface area contributed by atoms with Gasteiger partial charge in [-0.1, -0.05) is 0 Å². The second-order valence-electron chi connectivity index (χ2n) is 3.09. The van der Waals surface area contributed by atoms with Gasteiger partial charge in [0, 0.05) is 19.3 Å². The monoisotopic (exact) mass is 172 g/mol. The lowest BCUT2D eigenvalue weighted by molar-refractivity contribution is 0.437. The Morgan fingerprint density at radius 3 is 1.23 bits per heavy atom. The second kappa shape index (κ2) is 8.77. The van der Waals surface area contributed by atoms with Crippen LogP contribution in [0.4, 0.5) is 0 Å². The van der Waals surface area contributed by atoms with Crippen LogP contribution in [0.3, 0.4) is 0 Å². The zero-order valence-corrected chi connectivity index (χ0v) is 8.05. The number of hydrogen-bond donors (Lipinski definition) is 0. The van der Waals surface area contributed by atoms with Gasteiger partial charge in [-0.15, -0.1) is 37.0 Å². The summed E-state index contributed by atoms with van der Waals surface area (Å²) in [6, 6.07) is 0. The average Bonchev–Trinajstić information content (AvgIpc) is 2.17. The Bertz CT molecular complexity index is 185. The largest absolute Gasteiger partial charge is 0.120 e. The van der Waals surface area contributed by atoms with E-state index in [1.807, 2.05) is 0 Å². The lowest BCUT2D eigenvalue weighted by Crippen LogP contribution is -1.99. The van der Waals surface area contributed by atoms with E-state index in [1.54, 1.807) is 0 Å². The molecule has 0 fully saturated rings. The summed E-state index contributed by atoms with van der Waals surface area (Å²) in [6.45, 7) is 0. The lowest BCUT2D eigenvalue weighted by Gasteiger charge is -2.11. The molecule has 0 bridgehead atoms. The van der Waals surface area contributed by atoms with Crippen molar-refractivity contribution in [3.63, 3.8) is 0 Å². The highest BCUT2D eigenvalue weighted by Crippen LogP contribution is 2.18. The van der Waals surface area contributed by atoms with Crippen LogP contribution in [0, 0.1) is 42.9 Å². The zero-order valence-electron chi connectivity index (χ0n) is 8.05. The summed E-state index contributed by atoms with van der Waals surface area (Å²) in [5.74, 6) is 8.56. The van der Waals surface area contributed by atoms with Gasteiger partial charge in [-0.25, -0.2) is 0 Å². The Hall–Kier alpha value is -1.32. The molecule has 0 aliphatic heterocycles. The van der Waals surface area contributed by atoms with E-state index in [2.05, 4.69) is 17.8 Å². The summed E-state index contributed by atoms with van der Waals surface area (Å²) in [6.07, 6.45) is 21.3. The topological polar surface area (TPSA) is 0 Å². The van der Waals surface area contributed by atoms with Gasteiger partial charge in [0.15, 0.2) is 0 Å². The van der Waals surface area contributed by atoms with Crippen LogP contribution < -0.4 is 0 Å². The molecule has 0 aromatic carbocycles. The van der Waals surface area contributed by atoms with Crippen LogP contribution in [0.25, 0.3) is 0 Å². The molecule has 0 saturated heterocycles. The number of terminal acetylenes is 3. The molecule has 0 nitrogen and oxygen atoms in total. The minimum absolute atomic E-state index is 0.614. The molecule has 0 aromatic heterocycles. The van der Waals surface area contributed by atoms with Gasteiger partial charge in [-0.2, -0.15) is 0 Å². The van der Waals surface area contributed by atoms with E-state index in [4.69, 9.17) is 19.3 Å². The molecule has 68 valence electrons. The molecule has 13 heavy (non-hydrogen) atoms. The van der Waals surface area contributed by atoms with Crippen molar-refractivity contribution in [2.24, 2.45) is 5.92 Å². The summed E-state index contributed by atoms with van der Waals surface area (Å²) in [5, 5.41) is 0. The Labute approximate surface area is 82.1 Å². The second-order valence-corrected chi connectivity index (χ2v) is 3.09. The van der Waals surface area contributed by atoms with Crippen molar-refractivity contribution in [3.8, 4) is 37.0 Å². The van der Waals surface area contributed by atoms with Crippen molar-refractivity contribution < 1.29 is 0 Å². The molecule has 0 radical (unpaired) electrons. The maximum Gasteiger partial charge on any atom is 0.00887 e. The maximum atomic E-state index is 5.20. The third-order valence-electron chi connectivity index (χ3n) is 2.09. The minimum Gasteiger partial charge on any atom is -0.120 e. The van der Waals surface area contributed by atoms with Gasteiger partial charge in [-0.05, 0) is 25.2 Å². The highest BCUT2D eigenvalue weighted by molar-refractivity contribution is 4.89. The van der Waals surface area contributed by atoms with Gasteiger partial charge in [-0.3, -0.25) is 0 Å². The maximum absolute atomic E-state index is 5.20. The molecule has 0 aliphatic rings. The predicted molar refractivity (Wildman–Crippen MR) is 57.7 cm³/mol. The molecule has 0 heteroatoms. The molecule has 0 aliphatic carbocycles. The van der Waals surface area contributed by atoms with E-state index in [0.717, 1.165) is 38.5 Å². The van der Waals surface area contributed by atoms with Crippen LogP contribution in [0.1, 0.15) is 38.5 Å². The van der Waals surface area contributed by atoms with Crippen molar-refractivity contribution in [1.29, 1.82) is 0 Å². The first-order chi connectivity index (χ1) is 6.35. The molecular formula is C13H16. The molecule has 0 aromatic rings. The predicted octanol–water partition coefficient (Wildman–Crippen LogP) is 2.84. The summed E-state index contributed by atoms with van der Waals surface area (Å²) in [7, 11) is 0. The highest BCUT2D eigenvalue weighted by atomic mass is 14.1. The fourth-order valence-electron chi connectivity index (χ4n) is 1.30. The summed E-state index contributed by atoms with van der Waals surface area (Å²) in [5.41, 5.74) is 0. The molecule has 0 rings (SSSR count). The Morgan fingerprint density at radius 2 is 1.00 bits per heavy atom. The van der Waals surface area contributed by atoms with E-state index >= 15 is 0 Å². The first-order valence-corrected chi connectivity index (χ1v) is 4.65. The third kappa shape index (κ3) is 7.05. The van der Waals surface area contributed by atoms with Gasteiger partial charge in [0.2, 0.25) is 0 Å². The van der Waals surface area contributed by atoms with Gasteiger partial charge in [0.05, 0.1) is 0 Å². The van der Waals surface area contributed by atoms with E-state index in [0.29, 0.717) is 5.92 Å². The number of hydrogen-bond acceptors (Lipinski definition) is 0. The van der Waals surface area contributed by atoms with Gasteiger partial charge in [0.1, 0.15) is 0 Å². The molecule has 0 unspecified atom stereocenters. The summed E-state index contributed by atoms with van der Waals surface area (Å²) in [4.78, 5) is 0. The van der Waals surface area contributed by atoms with Crippen LogP contribution >= 0.6 is 0 Å². The minimum atomic E-state index is 0.614. The first-order valence-electron chi connectivity index (χ1n) is 4.65. The van der Waals surface area contributed by atoms with E-state index in [1.165, 1.54) is 0 Å². The average molecular weight is 172 g/mol. The lowest BCUT2D eigenvalue weighted by atomic mass is 9.93. The van der Waals surface area contributed by atoms with E-state index < -0.39 is 0 Å². The third-order valence-corrected chi connectivity index (χ3v) is 2.09. The summed E-state index contributed by atoms with van der Waals surface area (Å²) < 4.78 is 0. The fraction of sp³-hybridized carbons (Fsp3) is 0.538. The van der Waals surface area contributed by atoms with Crippen molar-refractivity contribution in [1.82, 2.24) is 0 Å². The van der Waals surface area contributed by atoms with Gasteiger partial charge >= 0.3 is 0 Å². The Morgan fingerprint density at radius 1 is 0.692 bits per heavy atom. The van der Waals surface area contributed by atoms with E-state index in [-0.39, 0.29) is 0 Å². The molecule has 0 heterocycles. The molecule has 0 N–H and O–H groups in total. The SMILES string of the molecule is C#CCCC(CCC#C)CCC#C. The van der Waals surface area contributed by atoms with Crippen LogP contribution in [-0.2, 0) is 0 Å². The van der Waals surface area contributed by atoms with Gasteiger partial charge in [0.25, 0.3) is 0 Å². The van der Waals surface area contributed by atoms with Crippen LogP contribution in [0.2, 0.25) is 0 Å². The molecular weight excluding hydrogens is 156 g/mol. The highest BCUT2D eigenvalue weighted by Gasteiger charge is 2.05. The summed E-state index contributed by atoms with van der Waals surface area (Å²) >= 11 is 0. The normalized spacial score (nSPS) is 8.77. The standard InChI is InChI=1S/C13H16/c1-4-7-10-13(11-8-5-2)12-9-6-3/h1-3,13H,7-12H2. The van der Waals surface area contributed by atoms with Crippen LogP contribution in [0.15, 0.2) is 0 Å². The van der Waals surface area contributed by atoms with Crippen molar-refractivity contribution in [2.75, 3.05) is 0 Å². The molecule has 0 atom stereocenters. The van der Waals surface area contributed by atoms with Crippen LogP contribution in [0.5, 0.6) is 0 Å². The quantitative estimate of drug-likeness (QED) is 0.540. The number of rotatable bonds is 6. The first kappa shape index (κ1) is 11.7. The van der Waals surface area contributed by atoms with Crippen molar-refractivity contribution in [2.45, 2.75) is 38.5 Å². The van der Waals surface area contributed by atoms with Crippen LogP contribution in [-0.4, -0.2) is 0 Å². The molecule has 0 spiro atoms. The van der Waals surface area contributed by atoms with Gasteiger partial charge < -0.3 is 0 Å². The fourth-order valence-corrected chi connectivity index (χ4v) is 1.30. The van der Waals surface area contributed by atoms with Crippen molar-refractivity contribution in [3.05, 3.63) is 0 Å². The Balaban J connectivity index is 3.70. The molecule has 0 saturated carbocycles. The Kier molecular flexibility index (Phi) is 7.88. The molecule has 0 amide bonds. The zero-order chi connectivity index (χ0) is 9.94.